The van der Waals surface area contributed by atoms with Crippen LogP contribution in [0.5, 0.6) is 0 Å². The maximum atomic E-state index is 11.0. The summed E-state index contributed by atoms with van der Waals surface area (Å²) < 4.78 is 28.8. The van der Waals surface area contributed by atoms with Crippen molar-refractivity contribution in [2.45, 2.75) is 26.2 Å². The van der Waals surface area contributed by atoms with Gasteiger partial charge >= 0.3 is 10.3 Å². The van der Waals surface area contributed by atoms with Crippen molar-refractivity contribution in [2.75, 3.05) is 13.2 Å². The fourth-order valence-corrected chi connectivity index (χ4v) is 1.50. The van der Waals surface area contributed by atoms with Crippen molar-refractivity contribution < 1.29 is 12.6 Å². The number of unbranched alkanes of at least 4 members (excludes halogenated alkanes) is 2. The summed E-state index contributed by atoms with van der Waals surface area (Å²) >= 11 is 0. The summed E-state index contributed by atoms with van der Waals surface area (Å²) in [6, 6.07) is 0. The quantitative estimate of drug-likeness (QED) is 0.481. The second kappa shape index (κ2) is 7.06. The summed E-state index contributed by atoms with van der Waals surface area (Å²) in [4.78, 5) is 0. The monoisotopic (exact) mass is 207 g/mol. The van der Waals surface area contributed by atoms with Crippen molar-refractivity contribution in [2.24, 2.45) is 0 Å². The maximum Gasteiger partial charge on any atom is 0.336 e. The van der Waals surface area contributed by atoms with E-state index in [0.29, 0.717) is 6.54 Å². The van der Waals surface area contributed by atoms with E-state index in [1.807, 2.05) is 0 Å². The van der Waals surface area contributed by atoms with Crippen molar-refractivity contribution in [3.8, 4) is 0 Å². The third-order valence-electron chi connectivity index (χ3n) is 1.40. The highest BCUT2D eigenvalue weighted by atomic mass is 32.2. The topological polar surface area (TPSA) is 55.4 Å². The van der Waals surface area contributed by atoms with Gasteiger partial charge in [0.25, 0.3) is 0 Å². The first-order chi connectivity index (χ1) is 6.12. The Labute approximate surface area is 80.2 Å². The van der Waals surface area contributed by atoms with Crippen molar-refractivity contribution in [1.29, 1.82) is 0 Å². The van der Waals surface area contributed by atoms with E-state index in [2.05, 4.69) is 22.4 Å². The third-order valence-corrected chi connectivity index (χ3v) is 2.40. The van der Waals surface area contributed by atoms with Crippen LogP contribution in [0.15, 0.2) is 12.7 Å². The van der Waals surface area contributed by atoms with Gasteiger partial charge < -0.3 is 0 Å². The molecule has 0 rings (SSSR count). The molecule has 13 heavy (non-hydrogen) atoms. The summed E-state index contributed by atoms with van der Waals surface area (Å²) in [5.74, 6) is 0. The second-order valence-electron chi connectivity index (χ2n) is 2.63. The Morgan fingerprint density at radius 2 is 2.15 bits per heavy atom. The van der Waals surface area contributed by atoms with Gasteiger partial charge in [-0.05, 0) is 6.42 Å². The van der Waals surface area contributed by atoms with Gasteiger partial charge in [0.1, 0.15) is 0 Å². The fraction of sp³-hybridized carbons (Fsp3) is 0.750. The molecule has 0 aliphatic heterocycles. The minimum atomic E-state index is -3.55. The van der Waals surface area contributed by atoms with Crippen LogP contribution in [-0.2, 0) is 14.5 Å². The van der Waals surface area contributed by atoms with E-state index in [1.165, 1.54) is 6.08 Å². The normalized spacial score (nSPS) is 11.5. The molecule has 0 radical (unpaired) electrons. The predicted molar refractivity (Wildman–Crippen MR) is 52.6 cm³/mol. The minimum absolute atomic E-state index is 0.0170. The van der Waals surface area contributed by atoms with Crippen LogP contribution in [0.25, 0.3) is 0 Å². The summed E-state index contributed by atoms with van der Waals surface area (Å²) in [6.45, 7) is 5.87. The Bertz CT molecular complexity index is 224. The second-order valence-corrected chi connectivity index (χ2v) is 4.06. The molecule has 0 heterocycles. The molecule has 0 fully saturated rings. The van der Waals surface area contributed by atoms with E-state index in [9.17, 15) is 8.42 Å². The van der Waals surface area contributed by atoms with E-state index in [4.69, 9.17) is 0 Å². The molecule has 0 amide bonds. The average molecular weight is 207 g/mol. The Morgan fingerprint density at radius 1 is 1.46 bits per heavy atom. The first-order valence-corrected chi connectivity index (χ1v) is 5.78. The Morgan fingerprint density at radius 3 is 2.69 bits per heavy atom. The summed E-state index contributed by atoms with van der Waals surface area (Å²) in [5.41, 5.74) is 0. The molecule has 0 saturated carbocycles. The zero-order valence-corrected chi connectivity index (χ0v) is 8.77. The average Bonchev–Trinajstić information content (AvgIpc) is 2.09. The molecular weight excluding hydrogens is 190 g/mol. The molecule has 0 unspecified atom stereocenters. The highest BCUT2D eigenvalue weighted by Crippen LogP contribution is 1.94. The molecule has 0 aromatic rings. The molecule has 0 aromatic heterocycles. The highest BCUT2D eigenvalue weighted by Gasteiger charge is 2.07. The molecule has 78 valence electrons. The molecule has 0 atom stereocenters. The fourth-order valence-electron chi connectivity index (χ4n) is 0.752. The van der Waals surface area contributed by atoms with Crippen LogP contribution in [0.2, 0.25) is 0 Å². The van der Waals surface area contributed by atoms with Crippen LogP contribution in [0, 0.1) is 0 Å². The van der Waals surface area contributed by atoms with E-state index in [0.717, 1.165) is 19.3 Å². The Kier molecular flexibility index (Phi) is 6.84. The first kappa shape index (κ1) is 12.6. The summed E-state index contributed by atoms with van der Waals surface area (Å²) in [6.07, 6.45) is 4.32. The third kappa shape index (κ3) is 7.95. The first-order valence-electron chi connectivity index (χ1n) is 4.37. The molecule has 0 bridgehead atoms. The summed E-state index contributed by atoms with van der Waals surface area (Å²) in [7, 11) is -3.55. The number of hydrogen-bond donors (Lipinski definition) is 1. The molecule has 0 aliphatic rings. The van der Waals surface area contributed by atoms with Crippen molar-refractivity contribution >= 4 is 10.3 Å². The van der Waals surface area contributed by atoms with Crippen LogP contribution in [0.4, 0.5) is 0 Å². The standard InChI is InChI=1S/C8H17NO3S/c1-3-5-6-7-9-13(10,11)12-8-4-2/h4,9H,2-3,5-8H2,1H3. The number of rotatable bonds is 8. The van der Waals surface area contributed by atoms with Crippen LogP contribution in [-0.4, -0.2) is 21.6 Å². The lowest BCUT2D eigenvalue weighted by molar-refractivity contribution is 0.348. The highest BCUT2D eigenvalue weighted by molar-refractivity contribution is 7.84. The molecule has 0 aromatic carbocycles. The van der Waals surface area contributed by atoms with E-state index in [1.54, 1.807) is 0 Å². The maximum absolute atomic E-state index is 11.0. The molecule has 0 aliphatic carbocycles. The zero-order chi connectivity index (χ0) is 10.2. The van der Waals surface area contributed by atoms with E-state index < -0.39 is 10.3 Å². The van der Waals surface area contributed by atoms with E-state index >= 15 is 0 Å². The molecule has 1 N–H and O–H groups in total. The van der Waals surface area contributed by atoms with Crippen molar-refractivity contribution in [1.82, 2.24) is 4.72 Å². The van der Waals surface area contributed by atoms with Gasteiger partial charge in [-0.1, -0.05) is 25.8 Å². The smallest absolute Gasteiger partial charge is 0.254 e. The van der Waals surface area contributed by atoms with Gasteiger partial charge in [0.2, 0.25) is 0 Å². The van der Waals surface area contributed by atoms with Gasteiger partial charge in [-0.15, -0.1) is 6.58 Å². The van der Waals surface area contributed by atoms with Gasteiger partial charge in [-0.3, -0.25) is 4.18 Å². The molecule has 0 spiro atoms. The van der Waals surface area contributed by atoms with Gasteiger partial charge in [0, 0.05) is 6.54 Å². The Balaban J connectivity index is 3.57. The van der Waals surface area contributed by atoms with Gasteiger partial charge in [0.05, 0.1) is 6.61 Å². The minimum Gasteiger partial charge on any atom is -0.254 e. The van der Waals surface area contributed by atoms with Gasteiger partial charge in [-0.2, -0.15) is 13.1 Å². The number of nitrogens with one attached hydrogen (secondary N) is 1. The van der Waals surface area contributed by atoms with Crippen LogP contribution >= 0.6 is 0 Å². The van der Waals surface area contributed by atoms with Crippen molar-refractivity contribution in [3.05, 3.63) is 12.7 Å². The lowest BCUT2D eigenvalue weighted by Gasteiger charge is -2.04. The van der Waals surface area contributed by atoms with Crippen LogP contribution in [0.3, 0.4) is 0 Å². The summed E-state index contributed by atoms with van der Waals surface area (Å²) in [5, 5.41) is 0. The molecule has 4 nitrogen and oxygen atoms in total. The molecule has 5 heteroatoms. The predicted octanol–water partition coefficient (Wildman–Crippen LogP) is 1.21. The lowest BCUT2D eigenvalue weighted by atomic mass is 10.3. The van der Waals surface area contributed by atoms with Crippen molar-refractivity contribution in [3.63, 3.8) is 0 Å². The number of hydrogen-bond acceptors (Lipinski definition) is 3. The Hall–Kier alpha value is -0.390. The van der Waals surface area contributed by atoms with Crippen LogP contribution < -0.4 is 4.72 Å². The zero-order valence-electron chi connectivity index (χ0n) is 7.95. The van der Waals surface area contributed by atoms with Gasteiger partial charge in [0.15, 0.2) is 0 Å². The SMILES string of the molecule is C=CCOS(=O)(=O)NCCCCC. The lowest BCUT2D eigenvalue weighted by Crippen LogP contribution is -2.26. The van der Waals surface area contributed by atoms with Crippen LogP contribution in [0.1, 0.15) is 26.2 Å². The van der Waals surface area contributed by atoms with E-state index in [-0.39, 0.29) is 6.61 Å². The molecular formula is C8H17NO3S. The molecule has 0 saturated heterocycles. The largest absolute Gasteiger partial charge is 0.336 e. The van der Waals surface area contributed by atoms with Gasteiger partial charge in [-0.25, -0.2) is 0 Å².